The Kier molecular flexibility index (Phi) is 9.81. The first-order chi connectivity index (χ1) is 22.6. The Hall–Kier alpha value is -5.26. The highest BCUT2D eigenvalue weighted by Crippen LogP contribution is 2.24. The minimum absolute atomic E-state index is 0.0750. The van der Waals surface area contributed by atoms with Crippen molar-refractivity contribution in [1.82, 2.24) is 43.7 Å². The lowest BCUT2D eigenvalue weighted by molar-refractivity contribution is -0.131. The van der Waals surface area contributed by atoms with E-state index in [1.54, 1.807) is 25.0 Å². The van der Waals surface area contributed by atoms with E-state index in [2.05, 4.69) is 24.7 Å². The van der Waals surface area contributed by atoms with Gasteiger partial charge in [-0.2, -0.15) is 0 Å². The lowest BCUT2D eigenvalue weighted by Crippen LogP contribution is -2.37. The Bertz CT molecular complexity index is 1730. The second-order valence-corrected chi connectivity index (χ2v) is 11.4. The maximum atomic E-state index is 14.1. The molecular weight excluding hydrogens is 582 g/mol. The van der Waals surface area contributed by atoms with Gasteiger partial charge in [0.25, 0.3) is 5.91 Å². The average molecular weight is 622 g/mol. The van der Waals surface area contributed by atoms with E-state index in [9.17, 15) is 9.59 Å². The summed E-state index contributed by atoms with van der Waals surface area (Å²) in [7, 11) is 1.88. The molecule has 0 saturated heterocycles. The standard InChI is InChI=1S/C34H39N9O3/c1-39-30(24-36-32(39)27-9-3-2-4-10-27)34(45)43-16-6-5-15-41(31(44)13-18-40-25-37-38-26-40)17-8-22-46-29-12-7-11-28(23-29)33-35-14-19-42(33)20-21-43/h2-4,7,9-12,14,19,23-26H,5-6,8,13,15-18,20-22H2,1H3. The fourth-order valence-corrected chi connectivity index (χ4v) is 5.78. The third-order valence-corrected chi connectivity index (χ3v) is 8.30. The van der Waals surface area contributed by atoms with Crippen LogP contribution in [0.5, 0.6) is 5.75 Å². The molecule has 5 aromatic rings. The van der Waals surface area contributed by atoms with Crippen molar-refractivity contribution in [3.8, 4) is 28.5 Å². The van der Waals surface area contributed by atoms with E-state index < -0.39 is 0 Å². The van der Waals surface area contributed by atoms with Gasteiger partial charge in [0.05, 0.1) is 12.8 Å². The SMILES string of the molecule is Cn1c(C(=O)N2CCCCN(C(=O)CCn3cnnc3)CCCOc3cccc(c3)-c3nccn3CC2)cnc1-c1ccccc1. The van der Waals surface area contributed by atoms with Crippen molar-refractivity contribution in [3.63, 3.8) is 0 Å². The fraction of sp³-hybridized carbons (Fsp3) is 0.353. The van der Waals surface area contributed by atoms with Crippen LogP contribution in [-0.4, -0.2) is 88.3 Å². The second kappa shape index (κ2) is 14.7. The summed E-state index contributed by atoms with van der Waals surface area (Å²) in [6.07, 6.45) is 11.2. The van der Waals surface area contributed by atoms with E-state index >= 15 is 0 Å². The van der Waals surface area contributed by atoms with E-state index in [1.807, 2.05) is 86.8 Å². The summed E-state index contributed by atoms with van der Waals surface area (Å²) in [5.74, 6) is 2.32. The Balaban J connectivity index is 1.22. The molecule has 0 saturated carbocycles. The van der Waals surface area contributed by atoms with Gasteiger partial charge >= 0.3 is 0 Å². The molecule has 1 aliphatic heterocycles. The van der Waals surface area contributed by atoms with Crippen LogP contribution in [0, 0.1) is 0 Å². The third-order valence-electron chi connectivity index (χ3n) is 8.30. The van der Waals surface area contributed by atoms with Crippen molar-refractivity contribution in [1.29, 1.82) is 0 Å². The summed E-state index contributed by atoms with van der Waals surface area (Å²) in [6, 6.07) is 17.8. The van der Waals surface area contributed by atoms with Crippen LogP contribution in [0.3, 0.4) is 0 Å². The molecule has 2 amide bonds. The van der Waals surface area contributed by atoms with Gasteiger partial charge in [-0.05, 0) is 31.4 Å². The van der Waals surface area contributed by atoms with Gasteiger partial charge in [-0.25, -0.2) is 9.97 Å². The monoisotopic (exact) mass is 621 g/mol. The number of amides is 2. The minimum atomic E-state index is -0.0750. The van der Waals surface area contributed by atoms with Gasteiger partial charge in [0.2, 0.25) is 5.91 Å². The normalized spacial score (nSPS) is 14.7. The minimum Gasteiger partial charge on any atom is -0.494 e. The zero-order valence-corrected chi connectivity index (χ0v) is 26.1. The van der Waals surface area contributed by atoms with E-state index in [-0.39, 0.29) is 11.8 Å². The topological polar surface area (TPSA) is 116 Å². The molecule has 238 valence electrons. The lowest BCUT2D eigenvalue weighted by Gasteiger charge is -2.25. The smallest absolute Gasteiger partial charge is 0.272 e. The maximum absolute atomic E-state index is 14.1. The highest BCUT2D eigenvalue weighted by atomic mass is 16.5. The summed E-state index contributed by atoms with van der Waals surface area (Å²) >= 11 is 0. The molecule has 6 rings (SSSR count). The van der Waals surface area contributed by atoms with Crippen molar-refractivity contribution in [2.75, 3.05) is 32.8 Å². The number of imidazole rings is 2. The zero-order chi connectivity index (χ0) is 31.7. The summed E-state index contributed by atoms with van der Waals surface area (Å²) in [4.78, 5) is 40.4. The highest BCUT2D eigenvalue weighted by Gasteiger charge is 2.22. The van der Waals surface area contributed by atoms with Gasteiger partial charge in [-0.15, -0.1) is 10.2 Å². The van der Waals surface area contributed by atoms with Crippen LogP contribution >= 0.6 is 0 Å². The zero-order valence-electron chi connectivity index (χ0n) is 26.1. The first kappa shape index (κ1) is 30.8. The molecular formula is C34H39N9O3. The van der Waals surface area contributed by atoms with Crippen LogP contribution in [0.15, 0.2) is 85.8 Å². The van der Waals surface area contributed by atoms with Crippen molar-refractivity contribution >= 4 is 11.8 Å². The Morgan fingerprint density at radius 2 is 1.57 bits per heavy atom. The van der Waals surface area contributed by atoms with Gasteiger partial charge in [0.1, 0.15) is 35.7 Å². The number of fused-ring (bicyclic) bond motifs is 4. The van der Waals surface area contributed by atoms with Gasteiger partial charge in [-0.1, -0.05) is 42.5 Å². The summed E-state index contributed by atoms with van der Waals surface area (Å²) in [5, 5.41) is 7.67. The number of hydrogen-bond acceptors (Lipinski definition) is 7. The number of hydrogen-bond donors (Lipinski definition) is 0. The summed E-state index contributed by atoms with van der Waals surface area (Å²) in [5.41, 5.74) is 2.43. The molecule has 0 aliphatic carbocycles. The van der Waals surface area contributed by atoms with E-state index in [0.29, 0.717) is 64.4 Å². The molecule has 0 radical (unpaired) electrons. The lowest BCUT2D eigenvalue weighted by atomic mass is 10.2. The number of carbonyl (C=O) groups excluding carboxylic acids is 2. The van der Waals surface area contributed by atoms with Crippen LogP contribution in [0.1, 0.15) is 36.2 Å². The van der Waals surface area contributed by atoms with Gasteiger partial charge in [0.15, 0.2) is 0 Å². The molecule has 0 spiro atoms. The number of nitrogens with zero attached hydrogens (tertiary/aromatic N) is 9. The number of aromatic nitrogens is 7. The summed E-state index contributed by atoms with van der Waals surface area (Å²) in [6.45, 7) is 3.83. The van der Waals surface area contributed by atoms with Crippen molar-refractivity contribution < 1.29 is 14.3 Å². The molecule has 12 nitrogen and oxygen atoms in total. The van der Waals surface area contributed by atoms with Gasteiger partial charge < -0.3 is 28.2 Å². The molecule has 2 aromatic carbocycles. The summed E-state index contributed by atoms with van der Waals surface area (Å²) < 4.78 is 11.8. The molecule has 0 fully saturated rings. The van der Waals surface area contributed by atoms with Crippen LogP contribution in [-0.2, 0) is 24.9 Å². The van der Waals surface area contributed by atoms with Crippen LogP contribution in [0.4, 0.5) is 0 Å². The largest absolute Gasteiger partial charge is 0.494 e. The molecule has 0 N–H and O–H groups in total. The number of aryl methyl sites for hydroxylation is 1. The molecule has 0 atom stereocenters. The van der Waals surface area contributed by atoms with Crippen molar-refractivity contribution in [2.45, 2.75) is 38.8 Å². The number of ether oxygens (including phenoxy) is 1. The molecule has 0 unspecified atom stereocenters. The van der Waals surface area contributed by atoms with Crippen LogP contribution in [0.2, 0.25) is 0 Å². The van der Waals surface area contributed by atoms with Gasteiger partial charge in [-0.3, -0.25) is 9.59 Å². The number of carbonyl (C=O) groups is 2. The number of benzene rings is 2. The Morgan fingerprint density at radius 1 is 0.804 bits per heavy atom. The Morgan fingerprint density at radius 3 is 2.39 bits per heavy atom. The quantitative estimate of drug-likeness (QED) is 0.289. The van der Waals surface area contributed by atoms with Gasteiger partial charge in [0, 0.05) is 76.3 Å². The highest BCUT2D eigenvalue weighted by molar-refractivity contribution is 5.93. The molecule has 12 heteroatoms. The first-order valence-electron chi connectivity index (χ1n) is 15.8. The predicted molar refractivity (Wildman–Crippen MR) is 173 cm³/mol. The third kappa shape index (κ3) is 7.33. The first-order valence-corrected chi connectivity index (χ1v) is 15.8. The number of rotatable bonds is 5. The fourth-order valence-electron chi connectivity index (χ4n) is 5.78. The predicted octanol–water partition coefficient (Wildman–Crippen LogP) is 4.17. The maximum Gasteiger partial charge on any atom is 0.272 e. The van der Waals surface area contributed by atoms with Crippen LogP contribution < -0.4 is 4.74 Å². The van der Waals surface area contributed by atoms with Crippen molar-refractivity contribution in [3.05, 3.63) is 91.5 Å². The van der Waals surface area contributed by atoms with E-state index in [1.165, 1.54) is 0 Å². The molecule has 3 aromatic heterocycles. The Labute approximate surface area is 268 Å². The molecule has 1 aliphatic rings. The van der Waals surface area contributed by atoms with E-state index in [0.717, 1.165) is 41.4 Å². The molecule has 46 heavy (non-hydrogen) atoms. The van der Waals surface area contributed by atoms with Crippen molar-refractivity contribution in [2.24, 2.45) is 7.05 Å². The second-order valence-electron chi connectivity index (χ2n) is 11.4. The molecule has 4 heterocycles. The average Bonchev–Trinajstić information content (AvgIpc) is 3.86. The van der Waals surface area contributed by atoms with E-state index in [4.69, 9.17) is 4.74 Å². The van der Waals surface area contributed by atoms with Crippen LogP contribution in [0.25, 0.3) is 22.8 Å². The molecule has 2 bridgehead atoms.